The molecule has 7 heteroatoms. The van der Waals surface area contributed by atoms with Crippen LogP contribution in [-0.2, 0) is 9.59 Å². The number of fused-ring (bicyclic) bond motifs is 1. The first-order valence-electron chi connectivity index (χ1n) is 11.2. The molecular formula is C23H32N4O2S. The molecule has 6 nitrogen and oxygen atoms in total. The summed E-state index contributed by atoms with van der Waals surface area (Å²) >= 11 is 1.43. The molecule has 0 spiro atoms. The van der Waals surface area contributed by atoms with Crippen molar-refractivity contribution < 1.29 is 9.59 Å². The van der Waals surface area contributed by atoms with Gasteiger partial charge in [-0.1, -0.05) is 25.0 Å². The minimum atomic E-state index is -0.0170. The molecule has 162 valence electrons. The predicted octanol–water partition coefficient (Wildman–Crippen LogP) is 3.47. The van der Waals surface area contributed by atoms with E-state index in [4.69, 9.17) is 0 Å². The Balaban J connectivity index is 1.19. The molecule has 0 bridgehead atoms. The number of imide groups is 1. The maximum absolute atomic E-state index is 12.6. The lowest BCUT2D eigenvalue weighted by atomic mass is 9.81. The molecule has 4 rings (SSSR count). The molecule has 2 heterocycles. The van der Waals surface area contributed by atoms with Gasteiger partial charge in [0.05, 0.1) is 22.4 Å². The molecule has 30 heavy (non-hydrogen) atoms. The molecule has 0 N–H and O–H groups in total. The lowest BCUT2D eigenvalue weighted by molar-refractivity contribution is -0.140. The second-order valence-corrected chi connectivity index (χ2v) is 9.43. The van der Waals surface area contributed by atoms with E-state index in [9.17, 15) is 9.59 Å². The number of carbonyl (C=O) groups excluding carboxylic acids is 2. The van der Waals surface area contributed by atoms with Crippen molar-refractivity contribution in [1.29, 1.82) is 0 Å². The zero-order valence-electron chi connectivity index (χ0n) is 17.7. The average molecular weight is 429 g/mol. The first-order chi connectivity index (χ1) is 14.7. The summed E-state index contributed by atoms with van der Waals surface area (Å²) in [4.78, 5) is 32.8. The van der Waals surface area contributed by atoms with Gasteiger partial charge < -0.3 is 4.90 Å². The van der Waals surface area contributed by atoms with Crippen molar-refractivity contribution in [3.8, 4) is 0 Å². The van der Waals surface area contributed by atoms with Crippen LogP contribution in [0, 0.1) is 11.8 Å². The number of carbonyl (C=O) groups is 2. The fraction of sp³-hybridized carbons (Fsp3) is 0.609. The number of unbranched alkanes of at least 4 members (excludes halogenated alkanes) is 1. The Morgan fingerprint density at radius 2 is 1.57 bits per heavy atom. The van der Waals surface area contributed by atoms with Crippen molar-refractivity contribution in [2.24, 2.45) is 16.2 Å². The van der Waals surface area contributed by atoms with Gasteiger partial charge in [-0.3, -0.25) is 19.4 Å². The van der Waals surface area contributed by atoms with Gasteiger partial charge in [0.15, 0.2) is 0 Å². The molecule has 1 aliphatic carbocycles. The highest BCUT2D eigenvalue weighted by molar-refractivity contribution is 7.98. The first kappa shape index (κ1) is 21.4. The number of hydrogen-bond donors (Lipinski definition) is 0. The fourth-order valence-electron chi connectivity index (χ4n) is 5.13. The molecule has 1 aromatic rings. The van der Waals surface area contributed by atoms with Gasteiger partial charge in [0, 0.05) is 44.7 Å². The molecule has 1 aromatic carbocycles. The number of para-hydroxylation sites is 1. The van der Waals surface area contributed by atoms with Gasteiger partial charge in [0.25, 0.3) is 0 Å². The molecule has 2 saturated heterocycles. The van der Waals surface area contributed by atoms with E-state index in [-0.39, 0.29) is 23.7 Å². The van der Waals surface area contributed by atoms with E-state index in [2.05, 4.69) is 39.1 Å². The van der Waals surface area contributed by atoms with Crippen molar-refractivity contribution in [3.05, 3.63) is 24.3 Å². The predicted molar refractivity (Wildman–Crippen MR) is 122 cm³/mol. The van der Waals surface area contributed by atoms with Crippen LogP contribution in [0.3, 0.4) is 0 Å². The quantitative estimate of drug-likeness (QED) is 0.275. The molecular weight excluding hydrogens is 396 g/mol. The minimum absolute atomic E-state index is 0.0170. The molecule has 0 unspecified atom stereocenters. The number of piperazine rings is 1. The largest absolute Gasteiger partial charge is 0.368 e. The number of hydrogen-bond acceptors (Lipinski definition) is 6. The van der Waals surface area contributed by atoms with E-state index in [1.54, 1.807) is 4.90 Å². The molecule has 1 saturated carbocycles. The highest BCUT2D eigenvalue weighted by Crippen LogP contribution is 2.38. The monoisotopic (exact) mass is 428 g/mol. The average Bonchev–Trinajstić information content (AvgIpc) is 3.03. The van der Waals surface area contributed by atoms with Crippen molar-refractivity contribution in [1.82, 2.24) is 9.80 Å². The van der Waals surface area contributed by atoms with Gasteiger partial charge in [-0.2, -0.15) is 0 Å². The van der Waals surface area contributed by atoms with Crippen LogP contribution in [0.1, 0.15) is 38.5 Å². The third-order valence-electron chi connectivity index (χ3n) is 6.78. The molecule has 2 aliphatic heterocycles. The summed E-state index contributed by atoms with van der Waals surface area (Å²) in [5.41, 5.74) is 1.24. The van der Waals surface area contributed by atoms with Crippen LogP contribution < -0.4 is 4.90 Å². The number of nitrogens with zero attached hydrogens (tertiary/aromatic N) is 4. The van der Waals surface area contributed by atoms with Gasteiger partial charge in [0.1, 0.15) is 0 Å². The lowest BCUT2D eigenvalue weighted by Crippen LogP contribution is -2.46. The Labute approximate surface area is 183 Å². The molecule has 3 aliphatic rings. The summed E-state index contributed by atoms with van der Waals surface area (Å²) in [7, 11) is 0. The number of benzene rings is 1. The zero-order chi connectivity index (χ0) is 20.9. The number of anilines is 1. The van der Waals surface area contributed by atoms with Crippen LogP contribution in [0.2, 0.25) is 0 Å². The van der Waals surface area contributed by atoms with Crippen LogP contribution in [0.15, 0.2) is 33.6 Å². The summed E-state index contributed by atoms with van der Waals surface area (Å²) in [5, 5.41) is 0. The van der Waals surface area contributed by atoms with E-state index in [0.717, 1.165) is 76.1 Å². The number of likely N-dealkylation sites (tertiary alicyclic amines) is 1. The molecule has 0 aromatic heterocycles. The fourth-order valence-corrected chi connectivity index (χ4v) is 5.70. The zero-order valence-corrected chi connectivity index (χ0v) is 18.5. The summed E-state index contributed by atoms with van der Waals surface area (Å²) in [6, 6.07) is 8.37. The lowest BCUT2D eigenvalue weighted by Gasteiger charge is -2.36. The summed E-state index contributed by atoms with van der Waals surface area (Å²) in [6.07, 6.45) is 5.92. The molecule has 3 fully saturated rings. The maximum Gasteiger partial charge on any atom is 0.233 e. The summed E-state index contributed by atoms with van der Waals surface area (Å²) in [6.45, 7) is 9.30. The number of rotatable bonds is 8. The molecule has 0 radical (unpaired) electrons. The van der Waals surface area contributed by atoms with Crippen LogP contribution in [-0.4, -0.2) is 67.6 Å². The van der Waals surface area contributed by atoms with Gasteiger partial charge in [-0.15, -0.1) is 0 Å². The van der Waals surface area contributed by atoms with Crippen molar-refractivity contribution in [3.63, 3.8) is 0 Å². The second kappa shape index (κ2) is 9.96. The Morgan fingerprint density at radius 1 is 0.933 bits per heavy atom. The van der Waals surface area contributed by atoms with E-state index < -0.39 is 0 Å². The standard InChI is InChI=1S/C23H32N4O2S/c1-24-30-21-11-5-4-10-20(21)26-16-14-25(15-17-26)12-6-7-13-27-22(28)18-8-2-3-9-19(18)23(27)29/h4-5,10-11,18-19H,1-3,6-9,12-17H2/t18-,19+. The molecule has 2 amide bonds. The van der Waals surface area contributed by atoms with Crippen LogP contribution in [0.25, 0.3) is 0 Å². The third kappa shape index (κ3) is 4.57. The van der Waals surface area contributed by atoms with Gasteiger partial charge in [0.2, 0.25) is 11.8 Å². The second-order valence-electron chi connectivity index (χ2n) is 8.55. The Kier molecular flexibility index (Phi) is 7.10. The first-order valence-corrected chi connectivity index (χ1v) is 12.0. The maximum atomic E-state index is 12.6. The van der Waals surface area contributed by atoms with Gasteiger partial charge in [-0.05, 0) is 51.1 Å². The Hall–Kier alpha value is -1.86. The van der Waals surface area contributed by atoms with E-state index in [1.165, 1.54) is 17.6 Å². The van der Waals surface area contributed by atoms with Crippen molar-refractivity contribution in [2.75, 3.05) is 44.2 Å². The smallest absolute Gasteiger partial charge is 0.233 e. The van der Waals surface area contributed by atoms with E-state index in [1.807, 2.05) is 6.07 Å². The van der Waals surface area contributed by atoms with Gasteiger partial charge in [-0.25, -0.2) is 4.40 Å². The normalized spacial score (nSPS) is 24.9. The van der Waals surface area contributed by atoms with Crippen LogP contribution in [0.5, 0.6) is 0 Å². The van der Waals surface area contributed by atoms with Crippen molar-refractivity contribution in [2.45, 2.75) is 43.4 Å². The third-order valence-corrected chi connectivity index (χ3v) is 7.45. The van der Waals surface area contributed by atoms with E-state index in [0.29, 0.717) is 6.54 Å². The topological polar surface area (TPSA) is 56.2 Å². The van der Waals surface area contributed by atoms with E-state index >= 15 is 0 Å². The molecule has 2 atom stereocenters. The highest BCUT2D eigenvalue weighted by atomic mass is 32.2. The minimum Gasteiger partial charge on any atom is -0.368 e. The highest BCUT2D eigenvalue weighted by Gasteiger charge is 2.47. The van der Waals surface area contributed by atoms with Gasteiger partial charge >= 0.3 is 0 Å². The van der Waals surface area contributed by atoms with Crippen molar-refractivity contribution >= 4 is 36.2 Å². The van der Waals surface area contributed by atoms with Crippen LogP contribution >= 0.6 is 11.9 Å². The Morgan fingerprint density at radius 3 is 2.23 bits per heavy atom. The van der Waals surface area contributed by atoms with Crippen LogP contribution in [0.4, 0.5) is 5.69 Å². The Bertz CT molecular complexity index is 754. The number of amides is 2. The summed E-state index contributed by atoms with van der Waals surface area (Å²) in [5.74, 6) is 0.168. The SMILES string of the molecule is C=NSc1ccccc1N1CCN(CCCCN2C(=O)[C@H]3CCCC[C@H]3C2=O)CC1. The summed E-state index contributed by atoms with van der Waals surface area (Å²) < 4.78 is 3.97.